The molecule has 2 N–H and O–H groups in total. The monoisotopic (exact) mass is 280 g/mol. The van der Waals surface area contributed by atoms with Crippen LogP contribution in [0.5, 0.6) is 0 Å². The number of hydrogen-bond acceptors (Lipinski definition) is 3. The van der Waals surface area contributed by atoms with Crippen LogP contribution in [0.4, 0.5) is 0 Å². The summed E-state index contributed by atoms with van der Waals surface area (Å²) < 4.78 is 2.70. The third-order valence-electron chi connectivity index (χ3n) is 2.65. The van der Waals surface area contributed by atoms with E-state index >= 15 is 0 Å². The standard InChI is InChI=1S/C11H13BrN4/c1-7-3-4-14-5-8(7)10(13)11-9(12)6-15-16(11)2/h3-6,10H,13H2,1-2H3. The van der Waals surface area contributed by atoms with Gasteiger partial charge in [0.2, 0.25) is 0 Å². The predicted molar refractivity (Wildman–Crippen MR) is 65.9 cm³/mol. The van der Waals surface area contributed by atoms with E-state index in [1.54, 1.807) is 23.3 Å². The first-order chi connectivity index (χ1) is 7.61. The lowest BCUT2D eigenvalue weighted by Crippen LogP contribution is -2.17. The smallest absolute Gasteiger partial charge is 0.0752 e. The predicted octanol–water partition coefficient (Wildman–Crippen LogP) is 1.93. The van der Waals surface area contributed by atoms with Crippen molar-refractivity contribution < 1.29 is 0 Å². The van der Waals surface area contributed by atoms with Crippen LogP contribution in [0, 0.1) is 6.92 Å². The van der Waals surface area contributed by atoms with Gasteiger partial charge in [0.05, 0.1) is 22.4 Å². The molecule has 0 amide bonds. The van der Waals surface area contributed by atoms with E-state index in [2.05, 4.69) is 26.0 Å². The van der Waals surface area contributed by atoms with Gasteiger partial charge < -0.3 is 5.73 Å². The van der Waals surface area contributed by atoms with Crippen LogP contribution >= 0.6 is 15.9 Å². The lowest BCUT2D eigenvalue weighted by atomic mass is 10.0. The number of nitrogens with zero attached hydrogens (tertiary/aromatic N) is 3. The zero-order chi connectivity index (χ0) is 11.7. The maximum absolute atomic E-state index is 6.23. The molecule has 84 valence electrons. The maximum atomic E-state index is 6.23. The van der Waals surface area contributed by atoms with Crippen molar-refractivity contribution in [2.24, 2.45) is 12.8 Å². The number of hydrogen-bond donors (Lipinski definition) is 1. The minimum absolute atomic E-state index is 0.212. The van der Waals surface area contributed by atoms with Crippen LogP contribution in [0.2, 0.25) is 0 Å². The number of rotatable bonds is 2. The largest absolute Gasteiger partial charge is 0.319 e. The highest BCUT2D eigenvalue weighted by atomic mass is 79.9. The number of aryl methyl sites for hydroxylation is 2. The van der Waals surface area contributed by atoms with Crippen molar-refractivity contribution in [3.05, 3.63) is 46.0 Å². The first-order valence-corrected chi connectivity index (χ1v) is 5.74. The number of aromatic nitrogens is 3. The number of halogens is 1. The summed E-state index contributed by atoms with van der Waals surface area (Å²) in [5.74, 6) is 0. The van der Waals surface area contributed by atoms with Crippen LogP contribution < -0.4 is 5.73 Å². The number of nitrogens with two attached hydrogens (primary N) is 1. The van der Waals surface area contributed by atoms with E-state index in [0.717, 1.165) is 21.3 Å². The van der Waals surface area contributed by atoms with Crippen molar-refractivity contribution in [3.8, 4) is 0 Å². The van der Waals surface area contributed by atoms with E-state index in [9.17, 15) is 0 Å². The molecule has 0 spiro atoms. The van der Waals surface area contributed by atoms with E-state index < -0.39 is 0 Å². The van der Waals surface area contributed by atoms with Gasteiger partial charge in [0.25, 0.3) is 0 Å². The van der Waals surface area contributed by atoms with Gasteiger partial charge in [-0.05, 0) is 40.0 Å². The molecule has 0 fully saturated rings. The SMILES string of the molecule is Cc1ccncc1C(N)c1c(Br)cnn1C. The third-order valence-corrected chi connectivity index (χ3v) is 3.26. The molecular weight excluding hydrogens is 268 g/mol. The van der Waals surface area contributed by atoms with E-state index in [4.69, 9.17) is 5.73 Å². The first kappa shape index (κ1) is 11.3. The average Bonchev–Trinajstić information content (AvgIpc) is 2.58. The minimum atomic E-state index is -0.212. The van der Waals surface area contributed by atoms with Gasteiger partial charge in [-0.1, -0.05) is 0 Å². The van der Waals surface area contributed by atoms with Crippen molar-refractivity contribution in [1.29, 1.82) is 0 Å². The molecule has 0 radical (unpaired) electrons. The molecule has 0 bridgehead atoms. The van der Waals surface area contributed by atoms with E-state index in [-0.39, 0.29) is 6.04 Å². The average molecular weight is 281 g/mol. The fourth-order valence-electron chi connectivity index (χ4n) is 1.72. The van der Waals surface area contributed by atoms with Gasteiger partial charge in [0, 0.05) is 19.4 Å². The molecule has 16 heavy (non-hydrogen) atoms. The van der Waals surface area contributed by atoms with Crippen LogP contribution in [0.15, 0.2) is 29.1 Å². The highest BCUT2D eigenvalue weighted by Crippen LogP contribution is 2.27. The normalized spacial score (nSPS) is 12.8. The fourth-order valence-corrected chi connectivity index (χ4v) is 2.31. The van der Waals surface area contributed by atoms with Crippen molar-refractivity contribution in [3.63, 3.8) is 0 Å². The zero-order valence-electron chi connectivity index (χ0n) is 9.18. The van der Waals surface area contributed by atoms with Crippen LogP contribution in [0.25, 0.3) is 0 Å². The Morgan fingerprint density at radius 1 is 1.44 bits per heavy atom. The molecule has 0 saturated heterocycles. The Hall–Kier alpha value is -1.20. The van der Waals surface area contributed by atoms with Crippen molar-refractivity contribution in [1.82, 2.24) is 14.8 Å². The van der Waals surface area contributed by atoms with Gasteiger partial charge in [0.1, 0.15) is 0 Å². The van der Waals surface area contributed by atoms with Crippen molar-refractivity contribution in [2.75, 3.05) is 0 Å². The first-order valence-electron chi connectivity index (χ1n) is 4.94. The third kappa shape index (κ3) is 1.88. The summed E-state index contributed by atoms with van der Waals surface area (Å²) in [6, 6.07) is 1.75. The second-order valence-corrected chi connectivity index (χ2v) is 4.57. The van der Waals surface area contributed by atoms with Gasteiger partial charge in [0.15, 0.2) is 0 Å². The minimum Gasteiger partial charge on any atom is -0.319 e. The molecule has 1 unspecified atom stereocenters. The second-order valence-electron chi connectivity index (χ2n) is 3.71. The molecule has 4 nitrogen and oxygen atoms in total. The van der Waals surface area contributed by atoms with Crippen molar-refractivity contribution >= 4 is 15.9 Å². The van der Waals surface area contributed by atoms with E-state index in [1.807, 2.05) is 20.0 Å². The van der Waals surface area contributed by atoms with Crippen LogP contribution in [-0.4, -0.2) is 14.8 Å². The summed E-state index contributed by atoms with van der Waals surface area (Å²) in [7, 11) is 1.88. The summed E-state index contributed by atoms with van der Waals surface area (Å²) in [4.78, 5) is 4.11. The maximum Gasteiger partial charge on any atom is 0.0752 e. The molecule has 2 heterocycles. The van der Waals surface area contributed by atoms with Gasteiger partial charge in [-0.15, -0.1) is 0 Å². The zero-order valence-corrected chi connectivity index (χ0v) is 10.8. The summed E-state index contributed by atoms with van der Waals surface area (Å²) in [5, 5.41) is 4.16. The Morgan fingerprint density at radius 3 is 2.75 bits per heavy atom. The topological polar surface area (TPSA) is 56.7 Å². The fraction of sp³-hybridized carbons (Fsp3) is 0.273. The Bertz CT molecular complexity index is 487. The van der Waals surface area contributed by atoms with Crippen LogP contribution in [-0.2, 0) is 7.05 Å². The Morgan fingerprint density at radius 2 is 2.19 bits per heavy atom. The Kier molecular flexibility index (Phi) is 3.07. The highest BCUT2D eigenvalue weighted by molar-refractivity contribution is 9.10. The van der Waals surface area contributed by atoms with Crippen molar-refractivity contribution in [2.45, 2.75) is 13.0 Å². The summed E-state index contributed by atoms with van der Waals surface area (Å²) in [6.07, 6.45) is 5.32. The Balaban J connectivity index is 2.47. The lowest BCUT2D eigenvalue weighted by Gasteiger charge is -2.15. The van der Waals surface area contributed by atoms with E-state index in [0.29, 0.717) is 0 Å². The van der Waals surface area contributed by atoms with Gasteiger partial charge in [-0.2, -0.15) is 5.10 Å². The number of pyridine rings is 1. The molecule has 0 aliphatic heterocycles. The lowest BCUT2D eigenvalue weighted by molar-refractivity contribution is 0.668. The van der Waals surface area contributed by atoms with Gasteiger partial charge in [-0.3, -0.25) is 9.67 Å². The summed E-state index contributed by atoms with van der Waals surface area (Å²) in [6.45, 7) is 2.03. The highest BCUT2D eigenvalue weighted by Gasteiger charge is 2.18. The van der Waals surface area contributed by atoms with E-state index in [1.165, 1.54) is 0 Å². The molecule has 0 aliphatic rings. The Labute approximate surface area is 103 Å². The summed E-state index contributed by atoms with van der Waals surface area (Å²) in [5.41, 5.74) is 9.34. The molecule has 1 atom stereocenters. The molecule has 2 aromatic heterocycles. The molecule has 2 rings (SSSR count). The molecular formula is C11H13BrN4. The quantitative estimate of drug-likeness (QED) is 0.915. The molecule has 2 aromatic rings. The van der Waals surface area contributed by atoms with Gasteiger partial charge in [-0.25, -0.2) is 0 Å². The summed E-state index contributed by atoms with van der Waals surface area (Å²) >= 11 is 3.46. The molecule has 0 saturated carbocycles. The van der Waals surface area contributed by atoms with Gasteiger partial charge >= 0.3 is 0 Å². The molecule has 0 aliphatic carbocycles. The second kappa shape index (κ2) is 4.35. The van der Waals surface area contributed by atoms with Crippen LogP contribution in [0.3, 0.4) is 0 Å². The van der Waals surface area contributed by atoms with Crippen LogP contribution in [0.1, 0.15) is 22.9 Å². The molecule has 5 heteroatoms. The molecule has 0 aromatic carbocycles.